The molecule has 8 rings (SSSR count). The number of benzene rings is 6. The van der Waals surface area contributed by atoms with Crippen molar-refractivity contribution in [3.05, 3.63) is 155 Å². The summed E-state index contributed by atoms with van der Waals surface area (Å²) in [6, 6.07) is 37.6. The van der Waals surface area contributed by atoms with Gasteiger partial charge in [0, 0.05) is 64.0 Å². The number of anilines is 2. The van der Waals surface area contributed by atoms with Crippen LogP contribution in [0.15, 0.2) is 121 Å². The second-order valence-electron chi connectivity index (χ2n) is 30.3. The Balaban J connectivity index is 0.000000305. The van der Waals surface area contributed by atoms with Crippen LogP contribution in [0.4, 0.5) is 11.4 Å². The molecule has 3 N–H and O–H groups in total. The number of likely N-dealkylation sites (N-methyl/N-ethyl adjacent to an activating group) is 2. The first-order chi connectivity index (χ1) is 54.7. The average Bonchev–Trinajstić information content (AvgIpc) is 0.769. The summed E-state index contributed by atoms with van der Waals surface area (Å²) in [4.78, 5) is 79.9. The molecule has 0 saturated carbocycles. The van der Waals surface area contributed by atoms with Crippen molar-refractivity contribution in [1.29, 1.82) is 0 Å². The Morgan fingerprint density at radius 2 is 0.826 bits per heavy atom. The van der Waals surface area contributed by atoms with Gasteiger partial charge in [0.25, 0.3) is 0 Å². The zero-order valence-corrected chi connectivity index (χ0v) is 73.0. The third-order valence-corrected chi connectivity index (χ3v) is 22.5. The number of amides is 2. The highest BCUT2D eigenvalue weighted by atomic mass is 79.9. The molecule has 115 heavy (non-hydrogen) atoms. The van der Waals surface area contributed by atoms with Gasteiger partial charge < -0.3 is 87.1 Å². The third kappa shape index (κ3) is 25.9. The van der Waals surface area contributed by atoms with E-state index in [1.54, 1.807) is 91.2 Å². The number of halogens is 1. The second-order valence-corrected chi connectivity index (χ2v) is 31.2. The smallest absolute Gasteiger partial charge is 0.303 e. The number of aryl methyl sites for hydroxylation is 2. The van der Waals surface area contributed by atoms with Gasteiger partial charge in [-0.05, 0) is 223 Å². The summed E-state index contributed by atoms with van der Waals surface area (Å²) in [6.07, 6.45) is 1.87. The zero-order valence-electron chi connectivity index (χ0n) is 71.4. The van der Waals surface area contributed by atoms with Crippen molar-refractivity contribution >= 4 is 63.0 Å². The number of rotatable bonds is 36. The van der Waals surface area contributed by atoms with Gasteiger partial charge in [-0.15, -0.1) is 0 Å². The van der Waals surface area contributed by atoms with Crippen LogP contribution in [-0.4, -0.2) is 181 Å². The summed E-state index contributed by atoms with van der Waals surface area (Å²) in [7, 11) is 14.0. The topological polar surface area (TPSA) is 273 Å². The number of nitrogens with zero attached hydrogens (tertiary/aromatic N) is 2. The predicted octanol–water partition coefficient (Wildman–Crippen LogP) is 15.8. The largest absolute Gasteiger partial charge is 0.508 e. The van der Waals surface area contributed by atoms with E-state index in [0.29, 0.717) is 59.4 Å². The summed E-state index contributed by atoms with van der Waals surface area (Å²) >= 11 is 3.33. The number of phenols is 1. The van der Waals surface area contributed by atoms with Crippen LogP contribution < -0.4 is 43.8 Å². The lowest BCUT2D eigenvalue weighted by Crippen LogP contribution is -2.58. The molecule has 6 aromatic carbocycles. The van der Waals surface area contributed by atoms with E-state index >= 15 is 0 Å². The average molecular weight is 1660 g/mol. The van der Waals surface area contributed by atoms with E-state index in [9.17, 15) is 33.9 Å². The monoisotopic (exact) mass is 1660 g/mol. The summed E-state index contributed by atoms with van der Waals surface area (Å²) in [5.41, 5.74) is 5.97. The number of hydrogen-bond acceptors (Lipinski definition) is 22. The minimum atomic E-state index is -1.03. The van der Waals surface area contributed by atoms with Gasteiger partial charge in [0.15, 0.2) is 34.1 Å². The molecule has 7 unspecified atom stereocenters. The van der Waals surface area contributed by atoms with Crippen molar-refractivity contribution in [2.75, 3.05) is 93.6 Å². The van der Waals surface area contributed by atoms with Gasteiger partial charge in [0.1, 0.15) is 35.2 Å². The Kier molecular flexibility index (Phi) is 37.4. The molecule has 0 aromatic heterocycles. The number of methoxy groups -OCH3 is 6. The normalized spacial score (nSPS) is 20.1. The predicted molar refractivity (Wildman–Crippen MR) is 448 cm³/mol. The number of ether oxygens (including phenoxy) is 13. The number of aromatic hydroxyl groups is 1. The first-order valence-corrected chi connectivity index (χ1v) is 40.5. The SMILES string of the molecule is CCC1OC(Br)C(OC(C)=O)[C@H](OC(C)=O)[C@H]1C.CCC1O[C@@H](Oc2ccc(NC(=O)C(CCCN(C)CCc3ccc(OC)c(C)c3)(c3ccc(OC)c(OC)c3)C(C)C)cc2)C(OC(C)=O)[C@H](OC(C)=O)[C@H]1C.COc1ccc(CCN(C)CCCC(C(=O)Nc2ccc(O)cc2)(c2ccc(OC)c(OC)c2)C(C)C)cc1C. The fourth-order valence-electron chi connectivity index (χ4n) is 15.3. The molecule has 2 aliphatic rings. The standard InChI is InChI=1S/C45H62N2O10.C33H44N2O5.C12H19BrO5/c1-12-37-30(5)41(54-31(6)48)42(55-32(7)49)43(57-37)56-36-18-16-35(17-19-36)46-44(50)45(28(2)3,34-15-21-39(52-10)40(27-34)53-11)23-13-24-47(8)25-22-33-14-20-38(51-9)29(4)26-33;1-23(2)33(26-10-16-30(39-6)31(22-26)40-7,32(37)34-27-11-13-28(36)14-12-27)18-8-19-35(4)20-17-25-9-15-29(38-5)24(3)21-25;1-5-9-6(2)10(16-7(3)14)11(12(13)18-9)17-8(4)15/h14-21,26-28,30,37,41-43H,12-13,22-25H2,1-11H3,(H,46,50);9-16,21-23,36H,8,17-20H2,1-7H3,(H,34,37);6,9-12H,5H2,1-4H3/t30-,37?,41+,42?,43+,45?;;6-,9?,10+,11?,12?/m0.0/s1. The molecule has 2 amide bonds. The number of hydrogen-bond donors (Lipinski definition) is 3. The van der Waals surface area contributed by atoms with E-state index in [1.165, 1.54) is 38.8 Å². The van der Waals surface area contributed by atoms with Crippen LogP contribution in [0.3, 0.4) is 0 Å². The molecular formula is C90H125BrN4O20. The molecule has 24 nitrogen and oxygen atoms in total. The van der Waals surface area contributed by atoms with Gasteiger partial charge in [0.2, 0.25) is 24.2 Å². The molecule has 0 radical (unpaired) electrons. The molecule has 2 aliphatic heterocycles. The van der Waals surface area contributed by atoms with Gasteiger partial charge in [-0.3, -0.25) is 28.8 Å². The number of nitrogens with one attached hydrogen (secondary N) is 2. The summed E-state index contributed by atoms with van der Waals surface area (Å²) < 4.78 is 73.0. The molecule has 0 aliphatic carbocycles. The summed E-state index contributed by atoms with van der Waals surface area (Å²) in [5, 5.41) is 15.5. The second kappa shape index (κ2) is 45.4. The van der Waals surface area contributed by atoms with Crippen LogP contribution in [0, 0.1) is 37.5 Å². The highest BCUT2D eigenvalue weighted by molar-refractivity contribution is 9.09. The van der Waals surface area contributed by atoms with Crippen LogP contribution in [0.5, 0.6) is 46.0 Å². The van der Waals surface area contributed by atoms with Crippen molar-refractivity contribution in [1.82, 2.24) is 9.80 Å². The maximum Gasteiger partial charge on any atom is 0.303 e. The van der Waals surface area contributed by atoms with Crippen molar-refractivity contribution in [3.63, 3.8) is 0 Å². The molecule has 2 fully saturated rings. The van der Waals surface area contributed by atoms with Crippen LogP contribution in [0.2, 0.25) is 0 Å². The Labute approximate surface area is 689 Å². The van der Waals surface area contributed by atoms with Crippen molar-refractivity contribution < 1.29 is 95.5 Å². The lowest BCUT2D eigenvalue weighted by atomic mass is 9.67. The van der Waals surface area contributed by atoms with E-state index < -0.39 is 64.5 Å². The number of esters is 4. The van der Waals surface area contributed by atoms with E-state index in [-0.39, 0.29) is 59.4 Å². The van der Waals surface area contributed by atoms with Crippen LogP contribution in [0.1, 0.15) is 155 Å². The first kappa shape index (κ1) is 94.7. The number of carbonyl (C=O) groups is 6. The minimum absolute atomic E-state index is 0.00436. The molecule has 25 heteroatoms. The molecule has 12 atom stereocenters. The van der Waals surface area contributed by atoms with Crippen LogP contribution in [0.25, 0.3) is 0 Å². The molecule has 2 saturated heterocycles. The van der Waals surface area contributed by atoms with Crippen LogP contribution in [-0.2, 0) is 80.9 Å². The number of carbonyl (C=O) groups excluding carboxylic acids is 6. The van der Waals surface area contributed by atoms with Crippen molar-refractivity contribution in [3.8, 4) is 46.0 Å². The van der Waals surface area contributed by atoms with Gasteiger partial charge in [-0.25, -0.2) is 0 Å². The Morgan fingerprint density at radius 1 is 0.470 bits per heavy atom. The fourth-order valence-corrected chi connectivity index (χ4v) is 16.0. The Bertz CT molecular complexity index is 4100. The van der Waals surface area contributed by atoms with Crippen molar-refractivity contribution in [2.45, 2.75) is 207 Å². The summed E-state index contributed by atoms with van der Waals surface area (Å²) in [5.74, 6) is 2.26. The third-order valence-electron chi connectivity index (χ3n) is 21.8. The molecule has 0 spiro atoms. The highest BCUT2D eigenvalue weighted by Gasteiger charge is 2.50. The molecule has 2 heterocycles. The van der Waals surface area contributed by atoms with E-state index in [4.69, 9.17) is 61.6 Å². The molecular weight excluding hydrogens is 1540 g/mol. The lowest BCUT2D eigenvalue weighted by Gasteiger charge is -2.43. The van der Waals surface area contributed by atoms with E-state index in [2.05, 4.69) is 116 Å². The maximum absolute atomic E-state index is 14.7. The molecule has 632 valence electrons. The van der Waals surface area contributed by atoms with Gasteiger partial charge >= 0.3 is 23.9 Å². The van der Waals surface area contributed by atoms with Gasteiger partial charge in [-0.1, -0.05) is 108 Å². The lowest BCUT2D eigenvalue weighted by molar-refractivity contribution is -0.266. The number of alkyl halides is 1. The number of phenolic OH excluding ortho intramolecular Hbond substituents is 1. The maximum atomic E-state index is 14.7. The highest BCUT2D eigenvalue weighted by Crippen LogP contribution is 2.45. The van der Waals surface area contributed by atoms with E-state index in [0.717, 1.165) is 92.0 Å². The Hall–Kier alpha value is -9.14. The van der Waals surface area contributed by atoms with Gasteiger partial charge in [0.05, 0.1) is 65.7 Å². The Morgan fingerprint density at radius 3 is 1.19 bits per heavy atom. The summed E-state index contributed by atoms with van der Waals surface area (Å²) in [6.45, 7) is 28.9. The quantitative estimate of drug-likeness (QED) is 0.0143. The molecule has 0 bridgehead atoms. The molecule has 6 aromatic rings. The van der Waals surface area contributed by atoms with E-state index in [1.807, 2.05) is 76.2 Å². The zero-order chi connectivity index (χ0) is 85.0. The van der Waals surface area contributed by atoms with Gasteiger partial charge in [-0.2, -0.15) is 0 Å². The fraction of sp³-hybridized carbons (Fsp3) is 0.533. The van der Waals surface area contributed by atoms with Crippen molar-refractivity contribution in [2.24, 2.45) is 23.7 Å². The minimum Gasteiger partial charge on any atom is -0.508 e. The first-order valence-electron chi connectivity index (χ1n) is 39.6. The van der Waals surface area contributed by atoms with Crippen LogP contribution >= 0.6 is 15.9 Å².